The highest BCUT2D eigenvalue weighted by Gasteiger charge is 2.10. The van der Waals surface area contributed by atoms with Crippen molar-refractivity contribution in [3.63, 3.8) is 0 Å². The Labute approximate surface area is 109 Å². The third kappa shape index (κ3) is 3.10. The zero-order valence-electron chi connectivity index (χ0n) is 11.8. The summed E-state index contributed by atoms with van der Waals surface area (Å²) in [6.45, 7) is 10.8. The monoisotopic (exact) mass is 245 g/mol. The molecule has 0 aromatic carbocycles. The number of hydrogen-bond donors (Lipinski definition) is 1. The van der Waals surface area contributed by atoms with Gasteiger partial charge >= 0.3 is 0 Å². The standard InChI is InChI=1S/C15H23N3/c1-12-13(11-16-9-8-15(2,3)4)18-10-6-5-7-14(18)17-12/h5-7,10,16H,8-9,11H2,1-4H3. The zero-order chi connectivity index (χ0) is 13.2. The Balaban J connectivity index is 2.01. The van der Waals surface area contributed by atoms with Crippen LogP contribution in [-0.2, 0) is 6.54 Å². The average molecular weight is 245 g/mol. The van der Waals surface area contributed by atoms with Crippen LogP contribution in [0.25, 0.3) is 5.65 Å². The number of fused-ring (bicyclic) bond motifs is 1. The Kier molecular flexibility index (Phi) is 3.71. The number of aryl methyl sites for hydroxylation is 1. The highest BCUT2D eigenvalue weighted by atomic mass is 15.0. The SMILES string of the molecule is Cc1nc2ccccn2c1CNCCC(C)(C)C. The van der Waals surface area contributed by atoms with Crippen LogP contribution in [0.3, 0.4) is 0 Å². The van der Waals surface area contributed by atoms with Gasteiger partial charge in [0.05, 0.1) is 11.4 Å². The Hall–Kier alpha value is -1.35. The molecule has 2 rings (SSSR count). The number of rotatable bonds is 4. The maximum Gasteiger partial charge on any atom is 0.137 e. The van der Waals surface area contributed by atoms with Crippen molar-refractivity contribution in [3.05, 3.63) is 35.8 Å². The van der Waals surface area contributed by atoms with Gasteiger partial charge in [0.2, 0.25) is 0 Å². The third-order valence-corrected chi connectivity index (χ3v) is 3.17. The van der Waals surface area contributed by atoms with Gasteiger partial charge in [-0.1, -0.05) is 26.8 Å². The van der Waals surface area contributed by atoms with Crippen LogP contribution < -0.4 is 5.32 Å². The van der Waals surface area contributed by atoms with Crippen LogP contribution in [-0.4, -0.2) is 15.9 Å². The third-order valence-electron chi connectivity index (χ3n) is 3.17. The van der Waals surface area contributed by atoms with Crippen molar-refractivity contribution in [2.24, 2.45) is 5.41 Å². The summed E-state index contributed by atoms with van der Waals surface area (Å²) < 4.78 is 2.17. The van der Waals surface area contributed by atoms with Gasteiger partial charge in [0, 0.05) is 12.7 Å². The van der Waals surface area contributed by atoms with E-state index in [1.807, 2.05) is 18.2 Å². The summed E-state index contributed by atoms with van der Waals surface area (Å²) in [5, 5.41) is 3.52. The molecule has 0 spiro atoms. The predicted octanol–water partition coefficient (Wildman–Crippen LogP) is 3.17. The lowest BCUT2D eigenvalue weighted by Gasteiger charge is -2.18. The molecule has 0 aliphatic rings. The Morgan fingerprint density at radius 3 is 2.78 bits per heavy atom. The lowest BCUT2D eigenvalue weighted by Crippen LogP contribution is -2.21. The molecule has 0 bridgehead atoms. The molecule has 2 heterocycles. The average Bonchev–Trinajstić information content (AvgIpc) is 2.59. The number of hydrogen-bond acceptors (Lipinski definition) is 2. The molecule has 3 nitrogen and oxygen atoms in total. The van der Waals surface area contributed by atoms with Crippen LogP contribution in [0.4, 0.5) is 0 Å². The highest BCUT2D eigenvalue weighted by Crippen LogP contribution is 2.17. The Morgan fingerprint density at radius 1 is 1.28 bits per heavy atom. The molecule has 0 unspecified atom stereocenters. The van der Waals surface area contributed by atoms with E-state index >= 15 is 0 Å². The fourth-order valence-corrected chi connectivity index (χ4v) is 2.05. The van der Waals surface area contributed by atoms with Crippen molar-refractivity contribution >= 4 is 5.65 Å². The van der Waals surface area contributed by atoms with Crippen molar-refractivity contribution in [2.75, 3.05) is 6.54 Å². The number of nitrogens with one attached hydrogen (secondary N) is 1. The van der Waals surface area contributed by atoms with Gasteiger partial charge in [0.1, 0.15) is 5.65 Å². The van der Waals surface area contributed by atoms with E-state index in [-0.39, 0.29) is 0 Å². The molecular formula is C15H23N3. The first-order chi connectivity index (χ1) is 8.47. The van der Waals surface area contributed by atoms with E-state index in [9.17, 15) is 0 Å². The van der Waals surface area contributed by atoms with E-state index in [0.717, 1.165) is 24.4 Å². The molecule has 98 valence electrons. The summed E-state index contributed by atoms with van der Waals surface area (Å²) in [4.78, 5) is 4.56. The molecule has 0 fully saturated rings. The van der Waals surface area contributed by atoms with Crippen LogP contribution >= 0.6 is 0 Å². The van der Waals surface area contributed by atoms with E-state index < -0.39 is 0 Å². The van der Waals surface area contributed by atoms with Crippen LogP contribution in [0.1, 0.15) is 38.6 Å². The molecule has 0 saturated heterocycles. The predicted molar refractivity (Wildman–Crippen MR) is 75.7 cm³/mol. The summed E-state index contributed by atoms with van der Waals surface area (Å²) in [5.41, 5.74) is 3.80. The summed E-state index contributed by atoms with van der Waals surface area (Å²) >= 11 is 0. The second-order valence-corrected chi connectivity index (χ2v) is 6.06. The number of imidazole rings is 1. The zero-order valence-corrected chi connectivity index (χ0v) is 11.8. The number of nitrogens with zero attached hydrogens (tertiary/aromatic N) is 2. The van der Waals surface area contributed by atoms with Crippen molar-refractivity contribution in [3.8, 4) is 0 Å². The molecule has 2 aromatic rings. The fourth-order valence-electron chi connectivity index (χ4n) is 2.05. The van der Waals surface area contributed by atoms with Gasteiger partial charge in [-0.15, -0.1) is 0 Å². The molecule has 0 aliphatic heterocycles. The van der Waals surface area contributed by atoms with Gasteiger partial charge in [-0.3, -0.25) is 0 Å². The quantitative estimate of drug-likeness (QED) is 0.838. The van der Waals surface area contributed by atoms with E-state index in [0.29, 0.717) is 5.41 Å². The number of aromatic nitrogens is 2. The van der Waals surface area contributed by atoms with Gasteiger partial charge in [-0.2, -0.15) is 0 Å². The second-order valence-electron chi connectivity index (χ2n) is 6.06. The normalized spacial score (nSPS) is 12.2. The maximum atomic E-state index is 4.56. The lowest BCUT2D eigenvalue weighted by molar-refractivity contribution is 0.366. The number of pyridine rings is 1. The molecule has 18 heavy (non-hydrogen) atoms. The van der Waals surface area contributed by atoms with Gasteiger partial charge in [-0.05, 0) is 37.4 Å². The van der Waals surface area contributed by atoms with Crippen molar-refractivity contribution in [2.45, 2.75) is 40.7 Å². The maximum absolute atomic E-state index is 4.56. The van der Waals surface area contributed by atoms with Crippen LogP contribution in [0.15, 0.2) is 24.4 Å². The molecule has 0 radical (unpaired) electrons. The second kappa shape index (κ2) is 5.11. The van der Waals surface area contributed by atoms with E-state index in [1.54, 1.807) is 0 Å². The van der Waals surface area contributed by atoms with Crippen molar-refractivity contribution in [1.29, 1.82) is 0 Å². The fraction of sp³-hybridized carbons (Fsp3) is 0.533. The summed E-state index contributed by atoms with van der Waals surface area (Å²) in [6.07, 6.45) is 3.26. The molecule has 1 N–H and O–H groups in total. The van der Waals surface area contributed by atoms with Gasteiger partial charge in [0.25, 0.3) is 0 Å². The molecular weight excluding hydrogens is 222 g/mol. The van der Waals surface area contributed by atoms with Gasteiger partial charge in [-0.25, -0.2) is 4.98 Å². The first-order valence-electron chi connectivity index (χ1n) is 6.61. The molecule has 0 aliphatic carbocycles. The van der Waals surface area contributed by atoms with Crippen LogP contribution in [0, 0.1) is 12.3 Å². The minimum absolute atomic E-state index is 0.390. The summed E-state index contributed by atoms with van der Waals surface area (Å²) in [5.74, 6) is 0. The molecule has 0 amide bonds. The topological polar surface area (TPSA) is 29.3 Å². The largest absolute Gasteiger partial charge is 0.311 e. The van der Waals surface area contributed by atoms with Crippen LogP contribution in [0.5, 0.6) is 0 Å². The first kappa shape index (κ1) is 13.1. The van der Waals surface area contributed by atoms with E-state index in [2.05, 4.69) is 48.6 Å². The molecule has 3 heteroatoms. The highest BCUT2D eigenvalue weighted by molar-refractivity contribution is 5.42. The van der Waals surface area contributed by atoms with E-state index in [1.165, 1.54) is 12.1 Å². The molecule has 2 aromatic heterocycles. The Bertz CT molecular complexity index is 520. The minimum Gasteiger partial charge on any atom is -0.311 e. The Morgan fingerprint density at radius 2 is 2.06 bits per heavy atom. The first-order valence-corrected chi connectivity index (χ1v) is 6.61. The lowest BCUT2D eigenvalue weighted by atomic mass is 9.92. The van der Waals surface area contributed by atoms with Gasteiger partial charge in [0.15, 0.2) is 0 Å². The summed E-state index contributed by atoms with van der Waals surface area (Å²) in [7, 11) is 0. The molecule has 0 atom stereocenters. The van der Waals surface area contributed by atoms with Crippen molar-refractivity contribution in [1.82, 2.24) is 14.7 Å². The smallest absolute Gasteiger partial charge is 0.137 e. The minimum atomic E-state index is 0.390. The molecule has 0 saturated carbocycles. The van der Waals surface area contributed by atoms with Gasteiger partial charge < -0.3 is 9.72 Å². The van der Waals surface area contributed by atoms with Crippen LogP contribution in [0.2, 0.25) is 0 Å². The van der Waals surface area contributed by atoms with Crippen molar-refractivity contribution < 1.29 is 0 Å². The summed E-state index contributed by atoms with van der Waals surface area (Å²) in [6, 6.07) is 6.12. The van der Waals surface area contributed by atoms with E-state index in [4.69, 9.17) is 0 Å².